The number of anilines is 1. The maximum atomic E-state index is 12.8. The summed E-state index contributed by atoms with van der Waals surface area (Å²) in [6.07, 6.45) is 0.298. The van der Waals surface area contributed by atoms with Crippen LogP contribution in [0.15, 0.2) is 42.5 Å². The number of aryl methyl sites for hydroxylation is 3. The number of carbonyl (C=O) groups is 1. The van der Waals surface area contributed by atoms with E-state index in [9.17, 15) is 4.79 Å². The second-order valence-electron chi connectivity index (χ2n) is 7.99. The number of aromatic nitrogens is 2. The molecule has 0 spiro atoms. The van der Waals surface area contributed by atoms with E-state index in [4.69, 9.17) is 0 Å². The molecule has 29 heavy (non-hydrogen) atoms. The normalized spacial score (nSPS) is 21.8. The van der Waals surface area contributed by atoms with Crippen molar-refractivity contribution in [2.24, 2.45) is 5.92 Å². The SMILES string of the molecule is Cc1ccc(CC2C(=O)NC(Nc3nc(C)c4cc(C)ccc4n3)NC2C)cc1. The lowest BCUT2D eigenvalue weighted by molar-refractivity contribution is -0.128. The zero-order valence-corrected chi connectivity index (χ0v) is 17.3. The molecule has 0 bridgehead atoms. The van der Waals surface area contributed by atoms with Crippen molar-refractivity contribution >= 4 is 22.8 Å². The molecule has 1 amide bonds. The molecule has 1 aliphatic rings. The van der Waals surface area contributed by atoms with Gasteiger partial charge >= 0.3 is 0 Å². The lowest BCUT2D eigenvalue weighted by atomic mass is 9.90. The summed E-state index contributed by atoms with van der Waals surface area (Å²) < 4.78 is 0. The number of hydrogen-bond acceptors (Lipinski definition) is 5. The van der Waals surface area contributed by atoms with Crippen molar-refractivity contribution in [3.63, 3.8) is 0 Å². The van der Waals surface area contributed by atoms with Gasteiger partial charge < -0.3 is 10.6 Å². The first-order chi connectivity index (χ1) is 13.9. The molecule has 0 saturated carbocycles. The Balaban J connectivity index is 1.46. The van der Waals surface area contributed by atoms with Crippen LogP contribution in [0.1, 0.15) is 29.3 Å². The molecule has 0 radical (unpaired) electrons. The Morgan fingerprint density at radius 3 is 2.45 bits per heavy atom. The maximum Gasteiger partial charge on any atom is 0.227 e. The fraction of sp³-hybridized carbons (Fsp3) is 0.348. The molecule has 3 atom stereocenters. The molecule has 2 heterocycles. The zero-order valence-electron chi connectivity index (χ0n) is 17.3. The number of carbonyl (C=O) groups excluding carboxylic acids is 1. The first-order valence-electron chi connectivity index (χ1n) is 10.0. The molecule has 1 saturated heterocycles. The Bertz CT molecular complexity index is 1050. The molecule has 6 heteroatoms. The third kappa shape index (κ3) is 4.22. The maximum absolute atomic E-state index is 12.8. The minimum atomic E-state index is -0.408. The summed E-state index contributed by atoms with van der Waals surface area (Å²) in [7, 11) is 0. The van der Waals surface area contributed by atoms with Crippen LogP contribution in [0.3, 0.4) is 0 Å². The van der Waals surface area contributed by atoms with E-state index in [1.807, 2.05) is 26.0 Å². The fourth-order valence-electron chi connectivity index (χ4n) is 3.81. The van der Waals surface area contributed by atoms with Crippen LogP contribution >= 0.6 is 0 Å². The van der Waals surface area contributed by atoms with E-state index >= 15 is 0 Å². The van der Waals surface area contributed by atoms with Crippen LogP contribution in [0.5, 0.6) is 0 Å². The highest BCUT2D eigenvalue weighted by molar-refractivity contribution is 5.83. The van der Waals surface area contributed by atoms with Crippen molar-refractivity contribution in [3.8, 4) is 0 Å². The van der Waals surface area contributed by atoms with Crippen molar-refractivity contribution in [2.75, 3.05) is 5.32 Å². The number of hydrogen-bond donors (Lipinski definition) is 3. The quantitative estimate of drug-likeness (QED) is 0.639. The Kier molecular flexibility index (Phi) is 5.20. The van der Waals surface area contributed by atoms with E-state index in [-0.39, 0.29) is 17.9 Å². The summed E-state index contributed by atoms with van der Waals surface area (Å²) in [5.41, 5.74) is 5.36. The Morgan fingerprint density at radius 1 is 1.00 bits per heavy atom. The number of amides is 1. The average molecular weight is 390 g/mol. The second kappa shape index (κ2) is 7.79. The smallest absolute Gasteiger partial charge is 0.227 e. The lowest BCUT2D eigenvalue weighted by Crippen LogP contribution is -2.63. The van der Waals surface area contributed by atoms with Gasteiger partial charge in [0.05, 0.1) is 17.1 Å². The molecule has 2 aromatic carbocycles. The molecular weight excluding hydrogens is 362 g/mol. The minimum absolute atomic E-state index is 0.0201. The van der Waals surface area contributed by atoms with Gasteiger partial charge in [0, 0.05) is 11.4 Å². The summed E-state index contributed by atoms with van der Waals surface area (Å²) in [6.45, 7) is 8.14. The summed E-state index contributed by atoms with van der Waals surface area (Å²) in [5.74, 6) is 0.404. The molecule has 1 aromatic heterocycles. The minimum Gasteiger partial charge on any atom is -0.323 e. The molecule has 3 unspecified atom stereocenters. The third-order valence-electron chi connectivity index (χ3n) is 5.55. The number of benzene rings is 2. The van der Waals surface area contributed by atoms with Crippen LogP contribution in [-0.2, 0) is 11.2 Å². The number of nitrogens with one attached hydrogen (secondary N) is 3. The van der Waals surface area contributed by atoms with Crippen LogP contribution in [0.25, 0.3) is 10.9 Å². The van der Waals surface area contributed by atoms with Crippen LogP contribution in [0.2, 0.25) is 0 Å². The molecule has 1 aliphatic heterocycles. The van der Waals surface area contributed by atoms with E-state index in [2.05, 4.69) is 70.1 Å². The molecule has 3 aromatic rings. The zero-order chi connectivity index (χ0) is 20.5. The van der Waals surface area contributed by atoms with E-state index in [1.165, 1.54) is 16.7 Å². The Morgan fingerprint density at radius 2 is 1.72 bits per heavy atom. The van der Waals surface area contributed by atoms with Crippen molar-refractivity contribution in [1.82, 2.24) is 20.6 Å². The summed E-state index contributed by atoms with van der Waals surface area (Å²) >= 11 is 0. The van der Waals surface area contributed by atoms with Crippen LogP contribution in [0.4, 0.5) is 5.95 Å². The van der Waals surface area contributed by atoms with Gasteiger partial charge in [-0.25, -0.2) is 9.97 Å². The number of fused-ring (bicyclic) bond motifs is 1. The molecule has 3 N–H and O–H groups in total. The standard InChI is InChI=1S/C23H27N5O/c1-13-5-8-17(9-6-13)12-19-16(4)25-23(27-21(19)29)28-22-24-15(3)18-11-14(2)7-10-20(18)26-22/h5-11,16,19,23,25H,12H2,1-4H3,(H,27,29)(H,24,26,28). The molecule has 1 fully saturated rings. The first-order valence-corrected chi connectivity index (χ1v) is 10.0. The van der Waals surface area contributed by atoms with Gasteiger partial charge in [-0.1, -0.05) is 41.5 Å². The van der Waals surface area contributed by atoms with Gasteiger partial charge in [-0.15, -0.1) is 0 Å². The summed E-state index contributed by atoms with van der Waals surface area (Å²) in [6, 6.07) is 14.5. The van der Waals surface area contributed by atoms with Gasteiger partial charge in [-0.05, 0) is 51.8 Å². The highest BCUT2D eigenvalue weighted by atomic mass is 16.2. The monoisotopic (exact) mass is 389 g/mol. The van der Waals surface area contributed by atoms with Gasteiger partial charge in [-0.3, -0.25) is 10.1 Å². The summed E-state index contributed by atoms with van der Waals surface area (Å²) in [4.78, 5) is 21.9. The van der Waals surface area contributed by atoms with Crippen LogP contribution in [0, 0.1) is 26.7 Å². The second-order valence-corrected chi connectivity index (χ2v) is 7.99. The lowest BCUT2D eigenvalue weighted by Gasteiger charge is -2.36. The molecule has 6 nitrogen and oxygen atoms in total. The van der Waals surface area contributed by atoms with Crippen molar-refractivity contribution in [2.45, 2.75) is 46.4 Å². The largest absolute Gasteiger partial charge is 0.323 e. The topological polar surface area (TPSA) is 78.9 Å². The number of nitrogens with zero attached hydrogens (tertiary/aromatic N) is 2. The third-order valence-corrected chi connectivity index (χ3v) is 5.55. The van der Waals surface area contributed by atoms with Gasteiger partial charge in [0.25, 0.3) is 0 Å². The molecular formula is C23H27N5O. The predicted octanol–water partition coefficient (Wildman–Crippen LogP) is 3.22. The van der Waals surface area contributed by atoms with Crippen molar-refractivity contribution < 1.29 is 4.79 Å². The van der Waals surface area contributed by atoms with E-state index in [0.29, 0.717) is 12.4 Å². The highest BCUT2D eigenvalue weighted by Crippen LogP contribution is 2.20. The van der Waals surface area contributed by atoms with Crippen molar-refractivity contribution in [1.29, 1.82) is 0 Å². The highest BCUT2D eigenvalue weighted by Gasteiger charge is 2.33. The average Bonchev–Trinajstić information content (AvgIpc) is 2.67. The van der Waals surface area contributed by atoms with Gasteiger partial charge in [0.15, 0.2) is 6.29 Å². The first kappa shape index (κ1) is 19.3. The van der Waals surface area contributed by atoms with Gasteiger partial charge in [-0.2, -0.15) is 0 Å². The molecule has 0 aliphatic carbocycles. The number of rotatable bonds is 4. The van der Waals surface area contributed by atoms with Gasteiger partial charge in [0.2, 0.25) is 11.9 Å². The summed E-state index contributed by atoms with van der Waals surface area (Å²) in [5, 5.41) is 10.7. The predicted molar refractivity (Wildman–Crippen MR) is 116 cm³/mol. The molecule has 150 valence electrons. The van der Waals surface area contributed by atoms with E-state index < -0.39 is 6.29 Å². The van der Waals surface area contributed by atoms with Gasteiger partial charge in [0.1, 0.15) is 0 Å². The van der Waals surface area contributed by atoms with Crippen LogP contribution < -0.4 is 16.0 Å². The van der Waals surface area contributed by atoms with E-state index in [0.717, 1.165) is 16.6 Å². The fourth-order valence-corrected chi connectivity index (χ4v) is 3.81. The van der Waals surface area contributed by atoms with Crippen molar-refractivity contribution in [3.05, 3.63) is 64.8 Å². The van der Waals surface area contributed by atoms with E-state index in [1.54, 1.807) is 0 Å². The molecule has 4 rings (SSSR count). The van der Waals surface area contributed by atoms with Crippen LogP contribution in [-0.4, -0.2) is 28.2 Å². The Labute approximate surface area is 171 Å². The Hall–Kier alpha value is -2.99.